The van der Waals surface area contributed by atoms with Crippen LogP contribution < -0.4 is 24.2 Å². The molecule has 2 saturated heterocycles. The molecule has 2 aromatic carbocycles. The Kier molecular flexibility index (Phi) is 5.38. The zero-order valence-corrected chi connectivity index (χ0v) is 18.7. The van der Waals surface area contributed by atoms with Crippen molar-refractivity contribution < 1.29 is 28.9 Å². The summed E-state index contributed by atoms with van der Waals surface area (Å²) in [7, 11) is 0. The first-order chi connectivity index (χ1) is 14.6. The second-order valence-electron chi connectivity index (χ2n) is 8.07. The highest BCUT2D eigenvalue weighted by molar-refractivity contribution is 14.1. The fourth-order valence-corrected chi connectivity index (χ4v) is 4.96. The Morgan fingerprint density at radius 1 is 0.967 bits per heavy atom. The number of anilines is 1. The van der Waals surface area contributed by atoms with E-state index in [-0.39, 0.29) is 17.9 Å². The van der Waals surface area contributed by atoms with Gasteiger partial charge in [0.15, 0.2) is 17.5 Å². The van der Waals surface area contributed by atoms with Crippen LogP contribution in [0.4, 0.5) is 5.69 Å². The summed E-state index contributed by atoms with van der Waals surface area (Å²) in [6.45, 7) is 4.96. The van der Waals surface area contributed by atoms with Crippen molar-refractivity contribution in [2.24, 2.45) is 0 Å². The van der Waals surface area contributed by atoms with Crippen LogP contribution in [0.5, 0.6) is 11.5 Å². The number of fused-ring (bicyclic) bond motifs is 1. The molecule has 2 N–H and O–H groups in total. The van der Waals surface area contributed by atoms with Gasteiger partial charge in [-0.2, -0.15) is 0 Å². The summed E-state index contributed by atoms with van der Waals surface area (Å²) in [5.74, 6) is 1.48. The van der Waals surface area contributed by atoms with Crippen molar-refractivity contribution in [1.29, 1.82) is 0 Å². The summed E-state index contributed by atoms with van der Waals surface area (Å²) >= 11 is 2.22. The number of benzene rings is 2. The molecule has 2 aromatic rings. The van der Waals surface area contributed by atoms with Gasteiger partial charge in [0.2, 0.25) is 12.7 Å². The molecule has 0 saturated carbocycles. The van der Waals surface area contributed by atoms with Crippen molar-refractivity contribution in [3.63, 3.8) is 0 Å². The predicted octanol–water partition coefficient (Wildman–Crippen LogP) is -0.365. The molecule has 0 radical (unpaired) electrons. The van der Waals surface area contributed by atoms with Crippen LogP contribution in [0.15, 0.2) is 42.5 Å². The zero-order chi connectivity index (χ0) is 20.7. The van der Waals surface area contributed by atoms with Crippen LogP contribution in [0.1, 0.15) is 12.0 Å². The van der Waals surface area contributed by atoms with Crippen molar-refractivity contribution in [3.05, 3.63) is 51.6 Å². The quantitative estimate of drug-likeness (QED) is 0.426. The van der Waals surface area contributed by atoms with Gasteiger partial charge in [-0.05, 0) is 65.1 Å². The summed E-state index contributed by atoms with van der Waals surface area (Å²) in [5, 5.41) is 0. The van der Waals surface area contributed by atoms with E-state index < -0.39 is 0 Å². The fraction of sp³-hybridized carbons (Fsp3) is 0.364. The minimum Gasteiger partial charge on any atom is -0.454 e. The van der Waals surface area contributed by atoms with Gasteiger partial charge in [-0.25, -0.2) is 4.90 Å². The van der Waals surface area contributed by atoms with Gasteiger partial charge in [0.1, 0.15) is 32.7 Å². The number of carbonyl (C=O) groups excluding carboxylic acids is 2. The van der Waals surface area contributed by atoms with E-state index in [1.807, 2.05) is 30.3 Å². The van der Waals surface area contributed by atoms with Gasteiger partial charge in [0, 0.05) is 9.13 Å². The van der Waals surface area contributed by atoms with E-state index in [4.69, 9.17) is 9.47 Å². The fourth-order valence-electron chi connectivity index (χ4n) is 4.60. The van der Waals surface area contributed by atoms with Gasteiger partial charge in [0.05, 0.1) is 12.1 Å². The number of halogens is 1. The highest BCUT2D eigenvalue weighted by atomic mass is 127. The number of carbonyl (C=O) groups is 2. The van der Waals surface area contributed by atoms with Crippen molar-refractivity contribution in [3.8, 4) is 11.5 Å². The van der Waals surface area contributed by atoms with Gasteiger partial charge in [-0.3, -0.25) is 9.59 Å². The number of nitrogens with zero attached hydrogens (tertiary/aromatic N) is 1. The summed E-state index contributed by atoms with van der Waals surface area (Å²) in [5.41, 5.74) is 1.91. The molecule has 8 heteroatoms. The Balaban J connectivity index is 1.20. The molecule has 2 fully saturated rings. The van der Waals surface area contributed by atoms with Crippen LogP contribution >= 0.6 is 22.6 Å². The Labute approximate surface area is 188 Å². The molecule has 2 amide bonds. The standard InChI is InChI=1S/C22H22IN3O4/c23-16-2-4-17(5-3-16)26-21(27)12-18(22(26)28)25-9-7-24(8-10-25)13-15-1-6-19-20(11-15)30-14-29-19/h1-6,11,18H,7-10,12-14H2/p+2/t18-/m0/s1. The molecule has 7 nitrogen and oxygen atoms in total. The molecule has 30 heavy (non-hydrogen) atoms. The number of imide groups is 1. The van der Waals surface area contributed by atoms with Crippen LogP contribution in [-0.2, 0) is 16.1 Å². The minimum atomic E-state index is -0.260. The third kappa shape index (κ3) is 3.79. The molecule has 1 atom stereocenters. The molecular formula is C22H24IN3O4+2. The second kappa shape index (κ2) is 8.16. The maximum atomic E-state index is 13.0. The summed E-state index contributed by atoms with van der Waals surface area (Å²) < 4.78 is 11.9. The molecule has 3 aliphatic rings. The van der Waals surface area contributed by atoms with E-state index in [1.54, 1.807) is 0 Å². The number of rotatable bonds is 4. The lowest BCUT2D eigenvalue weighted by Gasteiger charge is -2.32. The van der Waals surface area contributed by atoms with E-state index in [2.05, 4.69) is 34.7 Å². The Morgan fingerprint density at radius 2 is 1.70 bits per heavy atom. The van der Waals surface area contributed by atoms with Crippen molar-refractivity contribution in [1.82, 2.24) is 0 Å². The van der Waals surface area contributed by atoms with E-state index in [0.717, 1.165) is 47.8 Å². The molecule has 5 rings (SSSR count). The maximum Gasteiger partial charge on any atom is 0.292 e. The lowest BCUT2D eigenvalue weighted by atomic mass is 10.1. The zero-order valence-electron chi connectivity index (χ0n) is 16.5. The van der Waals surface area contributed by atoms with E-state index in [9.17, 15) is 9.59 Å². The smallest absolute Gasteiger partial charge is 0.292 e. The molecule has 156 valence electrons. The molecule has 0 aliphatic carbocycles. The van der Waals surface area contributed by atoms with E-state index >= 15 is 0 Å². The highest BCUT2D eigenvalue weighted by Gasteiger charge is 2.46. The first-order valence-corrected chi connectivity index (χ1v) is 11.4. The number of amides is 2. The van der Waals surface area contributed by atoms with Crippen LogP contribution in [0.2, 0.25) is 0 Å². The van der Waals surface area contributed by atoms with Gasteiger partial charge in [-0.15, -0.1) is 0 Å². The van der Waals surface area contributed by atoms with Crippen LogP contribution in [0, 0.1) is 3.57 Å². The van der Waals surface area contributed by atoms with Gasteiger partial charge < -0.3 is 19.3 Å². The highest BCUT2D eigenvalue weighted by Crippen LogP contribution is 2.32. The Morgan fingerprint density at radius 3 is 2.47 bits per heavy atom. The summed E-state index contributed by atoms with van der Waals surface area (Å²) in [6.07, 6.45) is 0.303. The van der Waals surface area contributed by atoms with Crippen molar-refractivity contribution >= 4 is 40.1 Å². The third-order valence-electron chi connectivity index (χ3n) is 6.21. The van der Waals surface area contributed by atoms with Crippen molar-refractivity contribution in [2.45, 2.75) is 19.0 Å². The summed E-state index contributed by atoms with van der Waals surface area (Å²) in [6, 6.07) is 13.4. The largest absolute Gasteiger partial charge is 0.454 e. The number of ether oxygens (including phenoxy) is 2. The number of hydrogen-bond acceptors (Lipinski definition) is 4. The van der Waals surface area contributed by atoms with Gasteiger partial charge >= 0.3 is 0 Å². The predicted molar refractivity (Wildman–Crippen MR) is 118 cm³/mol. The average molecular weight is 521 g/mol. The van der Waals surface area contributed by atoms with Crippen molar-refractivity contribution in [2.75, 3.05) is 37.9 Å². The number of nitrogens with one attached hydrogen (secondary N) is 2. The minimum absolute atomic E-state index is 0.0598. The van der Waals surface area contributed by atoms with Crippen LogP contribution in [-0.4, -0.2) is 50.8 Å². The topological polar surface area (TPSA) is 64.7 Å². The molecule has 0 spiro atoms. The lowest BCUT2D eigenvalue weighted by Crippen LogP contribution is -3.29. The normalized spacial score (nSPS) is 25.8. The molecule has 3 aliphatic heterocycles. The third-order valence-corrected chi connectivity index (χ3v) is 6.93. The first-order valence-electron chi connectivity index (χ1n) is 10.3. The number of piperazine rings is 1. The molecule has 0 aromatic heterocycles. The first kappa shape index (κ1) is 19.8. The van der Waals surface area contributed by atoms with Gasteiger partial charge in [-0.1, -0.05) is 0 Å². The molecule has 0 unspecified atom stereocenters. The number of hydrogen-bond donors (Lipinski definition) is 2. The van der Waals surface area contributed by atoms with Crippen LogP contribution in [0.25, 0.3) is 0 Å². The molecule has 0 bridgehead atoms. The SMILES string of the molecule is O=C1C[C@H]([NH+]2CC[NH+](Cc3ccc4c(c3)OCO4)CC2)C(=O)N1c1ccc(I)cc1. The van der Waals surface area contributed by atoms with Gasteiger partial charge in [0.25, 0.3) is 5.91 Å². The van der Waals surface area contributed by atoms with E-state index in [1.165, 1.54) is 20.3 Å². The lowest BCUT2D eigenvalue weighted by molar-refractivity contribution is -1.02. The van der Waals surface area contributed by atoms with E-state index in [0.29, 0.717) is 18.9 Å². The maximum absolute atomic E-state index is 13.0. The Bertz CT molecular complexity index is 973. The average Bonchev–Trinajstić information content (AvgIpc) is 3.33. The second-order valence-corrected chi connectivity index (χ2v) is 9.32. The summed E-state index contributed by atoms with van der Waals surface area (Å²) in [4.78, 5) is 29.7. The van der Waals surface area contributed by atoms with Crippen LogP contribution in [0.3, 0.4) is 0 Å². The monoisotopic (exact) mass is 521 g/mol. The number of quaternary nitrogens is 2. The Hall–Kier alpha value is -2.17. The molecule has 3 heterocycles. The molecular weight excluding hydrogens is 497 g/mol.